The van der Waals surface area contributed by atoms with Crippen molar-refractivity contribution in [3.8, 4) is 5.75 Å². The van der Waals surface area contributed by atoms with Crippen LogP contribution in [0.3, 0.4) is 0 Å². The summed E-state index contributed by atoms with van der Waals surface area (Å²) in [5.41, 5.74) is 1.10. The molecular weight excluding hydrogens is 366 g/mol. The highest BCUT2D eigenvalue weighted by molar-refractivity contribution is 6.24. The van der Waals surface area contributed by atoms with Crippen molar-refractivity contribution in [3.05, 3.63) is 23.3 Å². The summed E-state index contributed by atoms with van der Waals surface area (Å²) in [6, 6.07) is 2.09. The number of amides is 4. The summed E-state index contributed by atoms with van der Waals surface area (Å²) in [6.45, 7) is 0.883. The molecule has 144 valence electrons. The Balaban J connectivity index is 1.51. The number of carbonyl (C=O) groups excluding carboxylic acids is 5. The highest BCUT2D eigenvalue weighted by Gasteiger charge is 2.46. The molecule has 28 heavy (non-hydrogen) atoms. The van der Waals surface area contributed by atoms with Crippen molar-refractivity contribution < 1.29 is 28.7 Å². The van der Waals surface area contributed by atoms with Gasteiger partial charge in [-0.2, -0.15) is 0 Å². The van der Waals surface area contributed by atoms with Crippen molar-refractivity contribution in [3.63, 3.8) is 0 Å². The number of piperidine rings is 2. The molecule has 0 aromatic heterocycles. The van der Waals surface area contributed by atoms with Crippen LogP contribution >= 0.6 is 0 Å². The van der Waals surface area contributed by atoms with Crippen LogP contribution in [0.1, 0.15) is 46.4 Å². The van der Waals surface area contributed by atoms with Crippen LogP contribution in [0.4, 0.5) is 5.69 Å². The molecule has 4 heterocycles. The first-order chi connectivity index (χ1) is 13.4. The zero-order valence-electron chi connectivity index (χ0n) is 14.9. The van der Waals surface area contributed by atoms with Crippen LogP contribution in [0.15, 0.2) is 12.1 Å². The average molecular weight is 383 g/mol. The van der Waals surface area contributed by atoms with Crippen LogP contribution in [0.2, 0.25) is 0 Å². The molecule has 1 aromatic rings. The molecule has 9 heteroatoms. The van der Waals surface area contributed by atoms with Crippen LogP contribution in [0.5, 0.6) is 5.75 Å². The molecule has 2 atom stereocenters. The molecule has 5 rings (SSSR count). The van der Waals surface area contributed by atoms with Crippen molar-refractivity contribution in [1.29, 1.82) is 0 Å². The van der Waals surface area contributed by atoms with E-state index in [1.54, 1.807) is 12.1 Å². The Bertz CT molecular complexity index is 971. The molecule has 1 N–H and O–H groups in total. The van der Waals surface area contributed by atoms with E-state index in [2.05, 4.69) is 5.32 Å². The number of fused-ring (bicyclic) bond motifs is 4. The van der Waals surface area contributed by atoms with E-state index in [0.717, 1.165) is 4.90 Å². The molecule has 4 amide bonds. The molecule has 0 aliphatic carbocycles. The minimum absolute atomic E-state index is 0.0763. The number of rotatable bonds is 1. The maximum Gasteiger partial charge on any atom is 0.262 e. The predicted molar refractivity (Wildman–Crippen MR) is 94.0 cm³/mol. The molecule has 2 unspecified atom stereocenters. The maximum atomic E-state index is 13.0. The van der Waals surface area contributed by atoms with E-state index in [0.29, 0.717) is 37.4 Å². The molecule has 4 aliphatic heterocycles. The third-order valence-corrected chi connectivity index (χ3v) is 5.80. The minimum atomic E-state index is -0.997. The second-order valence-corrected chi connectivity index (χ2v) is 7.46. The Morgan fingerprint density at radius 2 is 1.75 bits per heavy atom. The summed E-state index contributed by atoms with van der Waals surface area (Å²) in [7, 11) is 0. The lowest BCUT2D eigenvalue weighted by atomic mass is 9.97. The van der Waals surface area contributed by atoms with Crippen LogP contribution < -0.4 is 15.0 Å². The summed E-state index contributed by atoms with van der Waals surface area (Å²) in [4.78, 5) is 64.1. The summed E-state index contributed by atoms with van der Waals surface area (Å²) in [5, 5.41) is 2.18. The Kier molecular flexibility index (Phi) is 3.55. The molecule has 0 bridgehead atoms. The van der Waals surface area contributed by atoms with Gasteiger partial charge in [0.15, 0.2) is 0 Å². The van der Waals surface area contributed by atoms with E-state index in [1.165, 1.54) is 0 Å². The number of Topliss-reactive ketones (excluding diaryl/α,β-unsaturated/α-hetero) is 1. The topological polar surface area (TPSA) is 113 Å². The van der Waals surface area contributed by atoms with Gasteiger partial charge in [0, 0.05) is 25.8 Å². The van der Waals surface area contributed by atoms with Crippen LogP contribution in [-0.2, 0) is 14.4 Å². The number of benzene rings is 1. The number of imide groups is 2. The zero-order chi connectivity index (χ0) is 19.6. The normalized spacial score (nSPS) is 26.5. The lowest BCUT2D eigenvalue weighted by Crippen LogP contribution is -2.54. The number of carbonyl (C=O) groups is 5. The fourth-order valence-corrected chi connectivity index (χ4v) is 4.38. The molecule has 9 nitrogen and oxygen atoms in total. The van der Waals surface area contributed by atoms with Crippen molar-refractivity contribution in [2.24, 2.45) is 0 Å². The SMILES string of the molecule is O=C1CCN2c3cc4c(cc3OCC2C1)C(=O)N(C1CCC(=O)NC1=O)C4=O. The molecule has 0 spiro atoms. The summed E-state index contributed by atoms with van der Waals surface area (Å²) >= 11 is 0. The van der Waals surface area contributed by atoms with Crippen LogP contribution in [0, 0.1) is 0 Å². The lowest BCUT2D eigenvalue weighted by Gasteiger charge is -2.41. The Morgan fingerprint density at radius 1 is 1.00 bits per heavy atom. The summed E-state index contributed by atoms with van der Waals surface area (Å²) in [5.74, 6) is -1.47. The van der Waals surface area contributed by atoms with E-state index in [-0.39, 0.29) is 35.8 Å². The van der Waals surface area contributed by atoms with Crippen molar-refractivity contribution in [2.75, 3.05) is 18.1 Å². The predicted octanol–water partition coefficient (Wildman–Crippen LogP) is 0.0181. The van der Waals surface area contributed by atoms with Gasteiger partial charge < -0.3 is 9.64 Å². The van der Waals surface area contributed by atoms with Gasteiger partial charge in [-0.25, -0.2) is 0 Å². The Hall–Kier alpha value is -3.23. The van der Waals surface area contributed by atoms with Gasteiger partial charge in [0.05, 0.1) is 22.9 Å². The maximum absolute atomic E-state index is 13.0. The molecule has 1 aromatic carbocycles. The van der Waals surface area contributed by atoms with E-state index in [1.807, 2.05) is 4.90 Å². The van der Waals surface area contributed by atoms with Gasteiger partial charge in [0.2, 0.25) is 11.8 Å². The zero-order valence-corrected chi connectivity index (χ0v) is 14.9. The number of ether oxygens (including phenoxy) is 1. The molecule has 0 saturated carbocycles. The average Bonchev–Trinajstić information content (AvgIpc) is 2.90. The fourth-order valence-electron chi connectivity index (χ4n) is 4.38. The highest BCUT2D eigenvalue weighted by Crippen LogP contribution is 2.41. The largest absolute Gasteiger partial charge is 0.489 e. The number of hydrogen-bond acceptors (Lipinski definition) is 7. The van der Waals surface area contributed by atoms with Crippen molar-refractivity contribution in [2.45, 2.75) is 37.8 Å². The van der Waals surface area contributed by atoms with Gasteiger partial charge >= 0.3 is 0 Å². The number of nitrogens with one attached hydrogen (secondary N) is 1. The molecule has 4 aliphatic rings. The van der Waals surface area contributed by atoms with E-state index < -0.39 is 29.7 Å². The number of ketones is 1. The first kappa shape index (κ1) is 16.9. The summed E-state index contributed by atoms with van der Waals surface area (Å²) in [6.07, 6.45) is 1.02. The highest BCUT2D eigenvalue weighted by atomic mass is 16.5. The van der Waals surface area contributed by atoms with Gasteiger partial charge in [0.25, 0.3) is 11.8 Å². The number of anilines is 1. The first-order valence-electron chi connectivity index (χ1n) is 9.25. The Morgan fingerprint density at radius 3 is 2.50 bits per heavy atom. The third-order valence-electron chi connectivity index (χ3n) is 5.80. The standard InChI is InChI=1S/C19H17N3O6/c23-10-3-4-21-9(5-10)8-28-15-7-12-11(6-14(15)21)18(26)22(19(12)27)13-1-2-16(24)20-17(13)25/h6-7,9,13H,1-5,8H2,(H,20,24,25). The van der Waals surface area contributed by atoms with Crippen LogP contribution in [0.25, 0.3) is 0 Å². The van der Waals surface area contributed by atoms with E-state index in [4.69, 9.17) is 4.74 Å². The number of nitrogens with zero attached hydrogens (tertiary/aromatic N) is 2. The monoisotopic (exact) mass is 383 g/mol. The van der Waals surface area contributed by atoms with Gasteiger partial charge in [-0.3, -0.25) is 34.2 Å². The van der Waals surface area contributed by atoms with Gasteiger partial charge in [-0.15, -0.1) is 0 Å². The number of hydrogen-bond donors (Lipinski definition) is 1. The smallest absolute Gasteiger partial charge is 0.262 e. The first-order valence-corrected chi connectivity index (χ1v) is 9.25. The van der Waals surface area contributed by atoms with E-state index in [9.17, 15) is 24.0 Å². The minimum Gasteiger partial charge on any atom is -0.489 e. The van der Waals surface area contributed by atoms with Gasteiger partial charge in [-0.05, 0) is 18.6 Å². The second kappa shape index (κ2) is 5.88. The van der Waals surface area contributed by atoms with Crippen LogP contribution in [-0.4, -0.2) is 59.5 Å². The second-order valence-electron chi connectivity index (χ2n) is 7.46. The van der Waals surface area contributed by atoms with Gasteiger partial charge in [0.1, 0.15) is 24.2 Å². The molecule has 2 saturated heterocycles. The van der Waals surface area contributed by atoms with Crippen molar-refractivity contribution in [1.82, 2.24) is 10.2 Å². The summed E-state index contributed by atoms with van der Waals surface area (Å²) < 4.78 is 5.77. The molecule has 2 fully saturated rings. The Labute approximate surface area is 159 Å². The fraction of sp³-hybridized carbons (Fsp3) is 0.421. The lowest BCUT2D eigenvalue weighted by molar-refractivity contribution is -0.136. The van der Waals surface area contributed by atoms with Gasteiger partial charge in [-0.1, -0.05) is 0 Å². The van der Waals surface area contributed by atoms with E-state index >= 15 is 0 Å². The quantitative estimate of drug-likeness (QED) is 0.680. The molecule has 0 radical (unpaired) electrons. The third kappa shape index (κ3) is 2.35. The van der Waals surface area contributed by atoms with Crippen molar-refractivity contribution >= 4 is 35.1 Å². The molecular formula is C19H17N3O6.